The first-order chi connectivity index (χ1) is 14.9. The highest BCUT2D eigenvalue weighted by atomic mass is 16.5. The van der Waals surface area contributed by atoms with Gasteiger partial charge in [0.1, 0.15) is 22.9 Å². The molecule has 7 heteroatoms. The molecule has 0 saturated heterocycles. The van der Waals surface area contributed by atoms with Gasteiger partial charge >= 0.3 is 0 Å². The largest absolute Gasteiger partial charge is 0.497 e. The lowest BCUT2D eigenvalue weighted by molar-refractivity contribution is -0.136. The first kappa shape index (κ1) is 22.0. The summed E-state index contributed by atoms with van der Waals surface area (Å²) < 4.78 is 16.3. The zero-order valence-electron chi connectivity index (χ0n) is 18.1. The molecule has 0 atom stereocenters. The van der Waals surface area contributed by atoms with E-state index in [-0.39, 0.29) is 29.8 Å². The van der Waals surface area contributed by atoms with Gasteiger partial charge in [-0.1, -0.05) is 18.2 Å². The monoisotopic (exact) mass is 422 g/mol. The van der Waals surface area contributed by atoms with Crippen molar-refractivity contribution in [2.75, 3.05) is 26.1 Å². The summed E-state index contributed by atoms with van der Waals surface area (Å²) in [4.78, 5) is 27.3. The van der Waals surface area contributed by atoms with Crippen LogP contribution in [0.3, 0.4) is 0 Å². The molecule has 0 aliphatic carbocycles. The first-order valence-electron chi connectivity index (χ1n) is 9.86. The normalized spacial score (nSPS) is 13.6. The van der Waals surface area contributed by atoms with E-state index >= 15 is 0 Å². The number of anilines is 1. The van der Waals surface area contributed by atoms with Crippen molar-refractivity contribution in [3.63, 3.8) is 0 Å². The van der Waals surface area contributed by atoms with Gasteiger partial charge in [-0.3, -0.25) is 14.5 Å². The Morgan fingerprint density at radius 1 is 0.968 bits per heavy atom. The molecule has 0 aromatic heterocycles. The van der Waals surface area contributed by atoms with E-state index in [4.69, 9.17) is 14.2 Å². The summed E-state index contributed by atoms with van der Waals surface area (Å²) in [5.41, 5.74) is 1.63. The predicted molar refractivity (Wildman–Crippen MR) is 119 cm³/mol. The van der Waals surface area contributed by atoms with Crippen molar-refractivity contribution in [1.82, 2.24) is 4.90 Å². The molecule has 1 N–H and O–H groups in total. The standard InChI is InChI=1S/C24H26N2O5/c1-6-11-26-23(27)21(16-7-9-18(10-8-16)31-15(2)3)22(24(26)28)25-17-12-19(29-4)14-20(13-17)30-5/h6-10,12-15,25H,1,11H2,2-5H3. The van der Waals surface area contributed by atoms with Crippen LogP contribution in [-0.4, -0.2) is 43.6 Å². The zero-order valence-corrected chi connectivity index (χ0v) is 18.1. The van der Waals surface area contributed by atoms with Crippen molar-refractivity contribution in [3.8, 4) is 17.2 Å². The number of nitrogens with one attached hydrogen (secondary N) is 1. The predicted octanol–water partition coefficient (Wildman–Crippen LogP) is 3.87. The molecule has 31 heavy (non-hydrogen) atoms. The van der Waals surface area contributed by atoms with Crippen LogP contribution in [0.15, 0.2) is 60.8 Å². The summed E-state index contributed by atoms with van der Waals surface area (Å²) in [7, 11) is 3.08. The van der Waals surface area contributed by atoms with Crippen LogP contribution in [0.4, 0.5) is 5.69 Å². The van der Waals surface area contributed by atoms with E-state index in [0.29, 0.717) is 28.5 Å². The molecule has 0 fully saturated rings. The molecule has 3 rings (SSSR count). The molecule has 7 nitrogen and oxygen atoms in total. The van der Waals surface area contributed by atoms with Gasteiger partial charge in [-0.05, 0) is 31.5 Å². The number of hydrogen-bond donors (Lipinski definition) is 1. The molecule has 0 spiro atoms. The molecular formula is C24H26N2O5. The van der Waals surface area contributed by atoms with Crippen molar-refractivity contribution in [3.05, 3.63) is 66.4 Å². The summed E-state index contributed by atoms with van der Waals surface area (Å²) in [5, 5.41) is 3.10. The number of ether oxygens (including phenoxy) is 3. The number of methoxy groups -OCH3 is 2. The highest BCUT2D eigenvalue weighted by Gasteiger charge is 2.38. The number of hydrogen-bond acceptors (Lipinski definition) is 6. The van der Waals surface area contributed by atoms with Crippen LogP contribution < -0.4 is 19.5 Å². The van der Waals surface area contributed by atoms with Crippen LogP contribution in [0.2, 0.25) is 0 Å². The minimum absolute atomic E-state index is 0.0307. The van der Waals surface area contributed by atoms with Crippen molar-refractivity contribution in [2.24, 2.45) is 0 Å². The Bertz CT molecular complexity index is 1000. The van der Waals surface area contributed by atoms with E-state index in [1.165, 1.54) is 6.08 Å². The number of nitrogens with zero attached hydrogens (tertiary/aromatic N) is 1. The molecule has 1 aliphatic heterocycles. The smallest absolute Gasteiger partial charge is 0.278 e. The van der Waals surface area contributed by atoms with Gasteiger partial charge in [0.2, 0.25) is 0 Å². The van der Waals surface area contributed by atoms with Gasteiger partial charge in [0.25, 0.3) is 11.8 Å². The van der Waals surface area contributed by atoms with Crippen LogP contribution in [0.1, 0.15) is 19.4 Å². The summed E-state index contributed by atoms with van der Waals surface area (Å²) in [6, 6.07) is 12.3. The molecule has 1 heterocycles. The third-order valence-corrected chi connectivity index (χ3v) is 4.62. The number of rotatable bonds is 9. The van der Waals surface area contributed by atoms with Gasteiger partial charge in [-0.25, -0.2) is 0 Å². The second kappa shape index (κ2) is 9.38. The molecule has 0 bridgehead atoms. The van der Waals surface area contributed by atoms with Gasteiger partial charge in [-0.15, -0.1) is 6.58 Å². The topological polar surface area (TPSA) is 77.1 Å². The highest BCUT2D eigenvalue weighted by molar-refractivity contribution is 6.36. The van der Waals surface area contributed by atoms with Gasteiger partial charge in [0.15, 0.2) is 0 Å². The van der Waals surface area contributed by atoms with Crippen molar-refractivity contribution < 1.29 is 23.8 Å². The average molecular weight is 422 g/mol. The molecular weight excluding hydrogens is 396 g/mol. The second-order valence-electron chi connectivity index (χ2n) is 7.18. The Labute approximate surface area is 181 Å². The zero-order chi connectivity index (χ0) is 22.5. The third-order valence-electron chi connectivity index (χ3n) is 4.62. The number of benzene rings is 2. The maximum absolute atomic E-state index is 13.1. The van der Waals surface area contributed by atoms with Crippen LogP contribution in [0.5, 0.6) is 17.2 Å². The Morgan fingerprint density at radius 3 is 2.10 bits per heavy atom. The lowest BCUT2D eigenvalue weighted by atomic mass is 10.0. The third kappa shape index (κ3) is 4.71. The van der Waals surface area contributed by atoms with Crippen molar-refractivity contribution in [2.45, 2.75) is 20.0 Å². The Hall–Kier alpha value is -3.74. The molecule has 0 unspecified atom stereocenters. The summed E-state index contributed by atoms with van der Waals surface area (Å²) in [6.45, 7) is 7.64. The van der Waals surface area contributed by atoms with E-state index < -0.39 is 5.91 Å². The molecule has 2 aromatic carbocycles. The van der Waals surface area contributed by atoms with Crippen molar-refractivity contribution in [1.29, 1.82) is 0 Å². The maximum Gasteiger partial charge on any atom is 0.278 e. The number of carbonyl (C=O) groups is 2. The summed E-state index contributed by atoms with van der Waals surface area (Å²) >= 11 is 0. The summed E-state index contributed by atoms with van der Waals surface area (Å²) in [5.74, 6) is 0.980. The van der Waals surface area contributed by atoms with Gasteiger partial charge in [0, 0.05) is 30.4 Å². The maximum atomic E-state index is 13.1. The quantitative estimate of drug-likeness (QED) is 0.488. The lowest BCUT2D eigenvalue weighted by Gasteiger charge is -2.13. The number of imide groups is 1. The van der Waals surface area contributed by atoms with Gasteiger partial charge in [0.05, 0.1) is 25.9 Å². The molecule has 0 saturated carbocycles. The first-order valence-corrected chi connectivity index (χ1v) is 9.86. The van der Waals surface area contributed by atoms with Gasteiger partial charge < -0.3 is 19.5 Å². The molecule has 0 radical (unpaired) electrons. The average Bonchev–Trinajstić information content (AvgIpc) is 2.98. The van der Waals surface area contributed by atoms with E-state index in [2.05, 4.69) is 11.9 Å². The van der Waals surface area contributed by atoms with Crippen LogP contribution in [-0.2, 0) is 9.59 Å². The minimum atomic E-state index is -0.427. The van der Waals surface area contributed by atoms with Crippen LogP contribution in [0, 0.1) is 0 Å². The van der Waals surface area contributed by atoms with Gasteiger partial charge in [-0.2, -0.15) is 0 Å². The fourth-order valence-electron chi connectivity index (χ4n) is 3.25. The highest BCUT2D eigenvalue weighted by Crippen LogP contribution is 2.33. The number of amides is 2. The lowest BCUT2D eigenvalue weighted by Crippen LogP contribution is -2.32. The molecule has 2 amide bonds. The Morgan fingerprint density at radius 2 is 1.58 bits per heavy atom. The fraction of sp³-hybridized carbons (Fsp3) is 0.250. The molecule has 1 aliphatic rings. The SMILES string of the molecule is C=CCN1C(=O)C(Nc2cc(OC)cc(OC)c2)=C(c2ccc(OC(C)C)cc2)C1=O. The molecule has 162 valence electrons. The minimum Gasteiger partial charge on any atom is -0.497 e. The summed E-state index contributed by atoms with van der Waals surface area (Å²) in [6.07, 6.45) is 1.55. The fourth-order valence-corrected chi connectivity index (χ4v) is 3.25. The van der Waals surface area contributed by atoms with Crippen LogP contribution >= 0.6 is 0 Å². The number of carbonyl (C=O) groups excluding carboxylic acids is 2. The van der Waals surface area contributed by atoms with E-state index in [1.807, 2.05) is 13.8 Å². The van der Waals surface area contributed by atoms with E-state index in [1.54, 1.807) is 56.7 Å². The van der Waals surface area contributed by atoms with Crippen molar-refractivity contribution >= 4 is 23.1 Å². The van der Waals surface area contributed by atoms with E-state index in [0.717, 1.165) is 4.90 Å². The Kier molecular flexibility index (Phi) is 6.65. The van der Waals surface area contributed by atoms with E-state index in [9.17, 15) is 9.59 Å². The molecule has 2 aromatic rings. The Balaban J connectivity index is 2.05. The van der Waals surface area contributed by atoms with Crippen LogP contribution in [0.25, 0.3) is 5.57 Å². The second-order valence-corrected chi connectivity index (χ2v) is 7.18.